The maximum absolute atomic E-state index is 11.3. The van der Waals surface area contributed by atoms with E-state index < -0.39 is 0 Å². The second kappa shape index (κ2) is 2.59. The number of Topliss-reactive ketones (excluding diaryl/α,β-unsaturated/α-hetero) is 1. The molecule has 1 aliphatic carbocycles. The number of hydrogen-bond donors (Lipinski definition) is 1. The maximum atomic E-state index is 11.3. The van der Waals surface area contributed by atoms with Gasteiger partial charge in [-0.2, -0.15) is 0 Å². The minimum atomic E-state index is 0.149. The largest absolute Gasteiger partial charge is 0.397 e. The van der Waals surface area contributed by atoms with E-state index in [9.17, 15) is 4.79 Å². The van der Waals surface area contributed by atoms with E-state index >= 15 is 0 Å². The van der Waals surface area contributed by atoms with Crippen molar-refractivity contribution in [1.82, 2.24) is 4.98 Å². The van der Waals surface area contributed by atoms with Crippen LogP contribution < -0.4 is 5.73 Å². The Morgan fingerprint density at radius 3 is 3.08 bits per heavy atom. The number of nitrogens with two attached hydrogens (primary N) is 1. The molecule has 0 saturated heterocycles. The highest BCUT2D eigenvalue weighted by molar-refractivity contribution is 5.96. The van der Waals surface area contributed by atoms with Gasteiger partial charge in [0.15, 0.2) is 5.78 Å². The van der Waals surface area contributed by atoms with Gasteiger partial charge in [0.05, 0.1) is 11.9 Å². The van der Waals surface area contributed by atoms with E-state index in [-0.39, 0.29) is 5.78 Å². The van der Waals surface area contributed by atoms with E-state index in [1.165, 1.54) is 0 Å². The standard InChI is InChI=1S/C9H10N2O/c10-7-4-6-2-1-3-8(12)9(6)11-5-7/h4-5H,1-3,10H2. The second-order valence-electron chi connectivity index (χ2n) is 3.05. The van der Waals surface area contributed by atoms with Gasteiger partial charge < -0.3 is 5.73 Å². The number of nitrogens with zero attached hydrogens (tertiary/aromatic N) is 1. The maximum Gasteiger partial charge on any atom is 0.181 e. The van der Waals surface area contributed by atoms with Crippen molar-refractivity contribution in [1.29, 1.82) is 0 Å². The summed E-state index contributed by atoms with van der Waals surface area (Å²) in [5.74, 6) is 0.149. The molecule has 0 spiro atoms. The molecule has 0 radical (unpaired) electrons. The van der Waals surface area contributed by atoms with Crippen LogP contribution in [0.2, 0.25) is 0 Å². The Hall–Kier alpha value is -1.38. The van der Waals surface area contributed by atoms with Gasteiger partial charge in [0.25, 0.3) is 0 Å². The number of carbonyl (C=O) groups excluding carboxylic acids is 1. The summed E-state index contributed by atoms with van der Waals surface area (Å²) in [6.07, 6.45) is 4.03. The fraction of sp³-hybridized carbons (Fsp3) is 0.333. The van der Waals surface area contributed by atoms with Gasteiger partial charge in [-0.1, -0.05) is 0 Å². The first-order valence-electron chi connectivity index (χ1n) is 4.05. The first kappa shape index (κ1) is 7.28. The second-order valence-corrected chi connectivity index (χ2v) is 3.05. The smallest absolute Gasteiger partial charge is 0.181 e. The predicted molar refractivity (Wildman–Crippen MR) is 45.9 cm³/mol. The summed E-state index contributed by atoms with van der Waals surface area (Å²) in [4.78, 5) is 15.3. The van der Waals surface area contributed by atoms with Gasteiger partial charge in [0.2, 0.25) is 0 Å². The van der Waals surface area contributed by atoms with Crippen LogP contribution in [-0.2, 0) is 6.42 Å². The lowest BCUT2D eigenvalue weighted by Crippen LogP contribution is -2.13. The average Bonchev–Trinajstić information content (AvgIpc) is 2.04. The topological polar surface area (TPSA) is 56.0 Å². The molecule has 0 aliphatic heterocycles. The molecule has 1 heterocycles. The number of rotatable bonds is 0. The summed E-state index contributed by atoms with van der Waals surface area (Å²) in [6.45, 7) is 0. The number of nitrogen functional groups attached to an aromatic ring is 1. The molecule has 0 saturated carbocycles. The Bertz CT molecular complexity index is 333. The van der Waals surface area contributed by atoms with Gasteiger partial charge in [0, 0.05) is 6.42 Å². The van der Waals surface area contributed by atoms with E-state index in [0.717, 1.165) is 18.4 Å². The Balaban J connectivity index is 2.53. The van der Waals surface area contributed by atoms with Crippen LogP contribution in [0.4, 0.5) is 5.69 Å². The summed E-state index contributed by atoms with van der Waals surface area (Å²) < 4.78 is 0. The number of anilines is 1. The zero-order valence-electron chi connectivity index (χ0n) is 6.71. The van der Waals surface area contributed by atoms with Crippen LogP contribution in [0.25, 0.3) is 0 Å². The van der Waals surface area contributed by atoms with Crippen molar-refractivity contribution in [2.45, 2.75) is 19.3 Å². The molecule has 0 unspecified atom stereocenters. The molecule has 62 valence electrons. The van der Waals surface area contributed by atoms with Crippen molar-refractivity contribution in [2.24, 2.45) is 0 Å². The van der Waals surface area contributed by atoms with Crippen molar-refractivity contribution in [3.63, 3.8) is 0 Å². The highest BCUT2D eigenvalue weighted by Crippen LogP contribution is 2.20. The Kier molecular flexibility index (Phi) is 1.57. The molecule has 0 atom stereocenters. The number of hydrogen-bond acceptors (Lipinski definition) is 3. The molecule has 12 heavy (non-hydrogen) atoms. The van der Waals surface area contributed by atoms with Crippen molar-refractivity contribution < 1.29 is 4.79 Å². The summed E-state index contributed by atoms with van der Waals surface area (Å²) in [6, 6.07) is 1.85. The highest BCUT2D eigenvalue weighted by Gasteiger charge is 2.17. The van der Waals surface area contributed by atoms with Crippen LogP contribution in [0.3, 0.4) is 0 Å². The fourth-order valence-electron chi connectivity index (χ4n) is 1.53. The fourth-order valence-corrected chi connectivity index (χ4v) is 1.53. The molecule has 0 bridgehead atoms. The molecule has 0 aromatic carbocycles. The molecule has 0 fully saturated rings. The van der Waals surface area contributed by atoms with Crippen molar-refractivity contribution >= 4 is 11.5 Å². The van der Waals surface area contributed by atoms with E-state index in [2.05, 4.69) is 4.98 Å². The van der Waals surface area contributed by atoms with Gasteiger partial charge in [0.1, 0.15) is 5.69 Å². The SMILES string of the molecule is Nc1cnc2c(c1)CCCC2=O. The molecule has 1 aliphatic rings. The van der Waals surface area contributed by atoms with Crippen LogP contribution in [0.1, 0.15) is 28.9 Å². The van der Waals surface area contributed by atoms with Crippen LogP contribution in [0, 0.1) is 0 Å². The molecule has 3 heteroatoms. The number of pyridine rings is 1. The lowest BCUT2D eigenvalue weighted by Gasteiger charge is -2.12. The van der Waals surface area contributed by atoms with Gasteiger partial charge in [-0.15, -0.1) is 0 Å². The number of fused-ring (bicyclic) bond motifs is 1. The van der Waals surface area contributed by atoms with Gasteiger partial charge in [-0.05, 0) is 24.5 Å². The lowest BCUT2D eigenvalue weighted by molar-refractivity contribution is 0.0967. The van der Waals surface area contributed by atoms with Crippen LogP contribution in [-0.4, -0.2) is 10.8 Å². The molecule has 0 amide bonds. The van der Waals surface area contributed by atoms with E-state index in [1.54, 1.807) is 6.20 Å². The summed E-state index contributed by atoms with van der Waals surface area (Å²) in [5.41, 5.74) is 7.82. The number of ketones is 1. The van der Waals surface area contributed by atoms with Crippen molar-refractivity contribution in [2.75, 3.05) is 5.73 Å². The highest BCUT2D eigenvalue weighted by atomic mass is 16.1. The zero-order valence-corrected chi connectivity index (χ0v) is 6.71. The van der Waals surface area contributed by atoms with E-state index in [4.69, 9.17) is 5.73 Å². The first-order chi connectivity index (χ1) is 5.77. The molecule has 3 nitrogen and oxygen atoms in total. The zero-order chi connectivity index (χ0) is 8.55. The normalized spacial score (nSPS) is 15.8. The predicted octanol–water partition coefficient (Wildman–Crippen LogP) is 1.18. The van der Waals surface area contributed by atoms with Crippen LogP contribution in [0.15, 0.2) is 12.3 Å². The Labute approximate surface area is 70.6 Å². The van der Waals surface area contributed by atoms with Crippen molar-refractivity contribution in [3.8, 4) is 0 Å². The quantitative estimate of drug-likeness (QED) is 0.623. The number of aromatic nitrogens is 1. The molecular formula is C9H10N2O. The third-order valence-electron chi connectivity index (χ3n) is 2.10. The van der Waals surface area contributed by atoms with E-state index in [0.29, 0.717) is 17.8 Å². The third-order valence-corrected chi connectivity index (χ3v) is 2.10. The average molecular weight is 162 g/mol. The monoisotopic (exact) mass is 162 g/mol. The first-order valence-corrected chi connectivity index (χ1v) is 4.05. The van der Waals surface area contributed by atoms with Gasteiger partial charge >= 0.3 is 0 Å². The minimum Gasteiger partial charge on any atom is -0.397 e. The van der Waals surface area contributed by atoms with E-state index in [1.807, 2.05) is 6.07 Å². The number of aryl methyl sites for hydroxylation is 1. The summed E-state index contributed by atoms with van der Waals surface area (Å²) >= 11 is 0. The molecule has 2 rings (SSSR count). The van der Waals surface area contributed by atoms with Crippen LogP contribution in [0.5, 0.6) is 0 Å². The van der Waals surface area contributed by atoms with Crippen molar-refractivity contribution in [3.05, 3.63) is 23.5 Å². The Morgan fingerprint density at radius 2 is 2.25 bits per heavy atom. The molecule has 1 aromatic rings. The molecule has 1 aromatic heterocycles. The Morgan fingerprint density at radius 1 is 1.42 bits per heavy atom. The summed E-state index contributed by atoms with van der Waals surface area (Å²) in [5, 5.41) is 0. The van der Waals surface area contributed by atoms with Crippen LogP contribution >= 0.6 is 0 Å². The number of carbonyl (C=O) groups is 1. The molecular weight excluding hydrogens is 152 g/mol. The minimum absolute atomic E-state index is 0.149. The van der Waals surface area contributed by atoms with Gasteiger partial charge in [-0.25, -0.2) is 0 Å². The lowest BCUT2D eigenvalue weighted by atomic mass is 9.95. The van der Waals surface area contributed by atoms with Gasteiger partial charge in [-0.3, -0.25) is 9.78 Å². The molecule has 2 N–H and O–H groups in total. The summed E-state index contributed by atoms with van der Waals surface area (Å²) in [7, 11) is 0. The third kappa shape index (κ3) is 1.07.